The van der Waals surface area contributed by atoms with Gasteiger partial charge >= 0.3 is 0 Å². The fraction of sp³-hybridized carbons (Fsp3) is 0.929. The number of rotatable bonds is 0. The van der Waals surface area contributed by atoms with E-state index in [0.29, 0.717) is 22.5 Å². The van der Waals surface area contributed by atoms with Crippen molar-refractivity contribution < 1.29 is 4.79 Å². The lowest BCUT2D eigenvalue weighted by Gasteiger charge is -2.37. The number of carbonyl (C=O) groups is 1. The third-order valence-electron chi connectivity index (χ3n) is 6.17. The molecule has 3 saturated carbocycles. The predicted molar refractivity (Wildman–Crippen MR) is 60.5 cm³/mol. The number of carbonyl (C=O) groups excluding carboxylic acids is 1. The van der Waals surface area contributed by atoms with E-state index in [-0.39, 0.29) is 0 Å². The van der Waals surface area contributed by atoms with Gasteiger partial charge in [-0.05, 0) is 48.3 Å². The molecule has 0 aliphatic heterocycles. The van der Waals surface area contributed by atoms with Crippen molar-refractivity contribution >= 4 is 5.78 Å². The van der Waals surface area contributed by atoms with Crippen LogP contribution in [-0.2, 0) is 4.79 Å². The van der Waals surface area contributed by atoms with Crippen LogP contribution in [0.5, 0.6) is 0 Å². The predicted octanol–water partition coefficient (Wildman–Crippen LogP) is 3.43. The van der Waals surface area contributed by atoms with E-state index in [0.717, 1.165) is 18.3 Å². The average molecular weight is 206 g/mol. The molecule has 3 aliphatic carbocycles. The third-order valence-corrected chi connectivity index (χ3v) is 6.17. The maximum absolute atomic E-state index is 12.0. The number of ketones is 1. The van der Waals surface area contributed by atoms with Crippen molar-refractivity contribution in [2.75, 3.05) is 0 Å². The van der Waals surface area contributed by atoms with Crippen LogP contribution in [0.1, 0.15) is 52.9 Å². The van der Waals surface area contributed by atoms with Gasteiger partial charge in [0, 0.05) is 12.3 Å². The van der Waals surface area contributed by atoms with E-state index in [1.165, 1.54) is 25.7 Å². The molecule has 84 valence electrons. The Morgan fingerprint density at radius 2 is 2.00 bits per heavy atom. The summed E-state index contributed by atoms with van der Waals surface area (Å²) < 4.78 is 0. The second-order valence-electron chi connectivity index (χ2n) is 6.81. The molecule has 0 aromatic rings. The van der Waals surface area contributed by atoms with E-state index >= 15 is 0 Å². The first-order valence-corrected chi connectivity index (χ1v) is 6.51. The van der Waals surface area contributed by atoms with E-state index in [1.807, 2.05) is 0 Å². The second-order valence-corrected chi connectivity index (χ2v) is 6.81. The van der Waals surface area contributed by atoms with Gasteiger partial charge in [0.2, 0.25) is 0 Å². The highest BCUT2D eigenvalue weighted by Crippen LogP contribution is 2.70. The van der Waals surface area contributed by atoms with Crippen LogP contribution in [0.25, 0.3) is 0 Å². The molecule has 0 amide bonds. The summed E-state index contributed by atoms with van der Waals surface area (Å²) in [4.78, 5) is 12.0. The Morgan fingerprint density at radius 1 is 1.27 bits per heavy atom. The van der Waals surface area contributed by atoms with Crippen LogP contribution in [0.4, 0.5) is 0 Å². The molecule has 1 nitrogen and oxygen atoms in total. The van der Waals surface area contributed by atoms with Crippen molar-refractivity contribution in [3.8, 4) is 0 Å². The van der Waals surface area contributed by atoms with Gasteiger partial charge in [-0.1, -0.05) is 20.8 Å². The molecule has 3 rings (SSSR count). The average Bonchev–Trinajstić information content (AvgIpc) is 2.57. The molecular formula is C14H22O. The van der Waals surface area contributed by atoms with Crippen molar-refractivity contribution in [1.82, 2.24) is 0 Å². The molecule has 2 bridgehead atoms. The normalized spacial score (nSPS) is 51.9. The monoisotopic (exact) mass is 206 g/mol. The van der Waals surface area contributed by atoms with Crippen molar-refractivity contribution in [3.05, 3.63) is 0 Å². The molecule has 4 unspecified atom stereocenters. The van der Waals surface area contributed by atoms with E-state index in [9.17, 15) is 4.79 Å². The molecular weight excluding hydrogens is 184 g/mol. The Morgan fingerprint density at radius 3 is 2.73 bits per heavy atom. The third kappa shape index (κ3) is 0.976. The number of hydrogen-bond acceptors (Lipinski definition) is 1. The highest BCUT2D eigenvalue weighted by molar-refractivity contribution is 5.83. The van der Waals surface area contributed by atoms with Crippen molar-refractivity contribution in [2.45, 2.75) is 52.9 Å². The van der Waals surface area contributed by atoms with Gasteiger partial charge in [0.15, 0.2) is 0 Å². The summed E-state index contributed by atoms with van der Waals surface area (Å²) in [6.07, 6.45) is 6.05. The molecule has 4 atom stereocenters. The Kier molecular flexibility index (Phi) is 1.76. The minimum atomic E-state index is 0.290. The summed E-state index contributed by atoms with van der Waals surface area (Å²) in [6.45, 7) is 7.13. The summed E-state index contributed by atoms with van der Waals surface area (Å²) in [7, 11) is 0. The lowest BCUT2D eigenvalue weighted by molar-refractivity contribution is -0.127. The maximum atomic E-state index is 12.0. The van der Waals surface area contributed by atoms with E-state index < -0.39 is 0 Å². The largest absolute Gasteiger partial charge is 0.299 e. The van der Waals surface area contributed by atoms with E-state index in [1.54, 1.807) is 0 Å². The molecule has 3 aliphatic rings. The number of hydrogen-bond donors (Lipinski definition) is 0. The molecule has 1 heteroatoms. The Balaban J connectivity index is 2.08. The molecule has 0 heterocycles. The van der Waals surface area contributed by atoms with Crippen molar-refractivity contribution in [2.24, 2.45) is 28.6 Å². The van der Waals surface area contributed by atoms with Gasteiger partial charge in [0.1, 0.15) is 5.78 Å². The standard InChI is InChI=1S/C14H22O/c1-9-4-5-12-13(2,3)10-8-14(9,12)7-6-11(10)15/h9-10,12H,4-8H2,1-3H3. The smallest absolute Gasteiger partial charge is 0.136 e. The molecule has 0 saturated heterocycles. The number of fused-ring (bicyclic) bond motifs is 1. The maximum Gasteiger partial charge on any atom is 0.136 e. The molecule has 0 aromatic carbocycles. The van der Waals surface area contributed by atoms with Gasteiger partial charge in [-0.2, -0.15) is 0 Å². The first kappa shape index (κ1) is 9.86. The van der Waals surface area contributed by atoms with Crippen LogP contribution in [0.2, 0.25) is 0 Å². The van der Waals surface area contributed by atoms with Crippen LogP contribution in [0, 0.1) is 28.6 Å². The summed E-state index contributed by atoms with van der Waals surface area (Å²) in [5, 5.41) is 0. The van der Waals surface area contributed by atoms with Crippen LogP contribution in [0.3, 0.4) is 0 Å². The van der Waals surface area contributed by atoms with Gasteiger partial charge in [-0.3, -0.25) is 4.79 Å². The Bertz CT molecular complexity index is 317. The fourth-order valence-electron chi connectivity index (χ4n) is 5.26. The van der Waals surface area contributed by atoms with Crippen LogP contribution in [-0.4, -0.2) is 5.78 Å². The summed E-state index contributed by atoms with van der Waals surface area (Å²) in [5.74, 6) is 2.64. The SMILES string of the molecule is CC1CCC2C(C)(C)C3CC12CCC3=O. The van der Waals surface area contributed by atoms with Gasteiger partial charge < -0.3 is 0 Å². The zero-order valence-corrected chi connectivity index (χ0v) is 10.2. The topological polar surface area (TPSA) is 17.1 Å². The fourth-order valence-corrected chi connectivity index (χ4v) is 5.26. The van der Waals surface area contributed by atoms with Gasteiger partial charge in [0.05, 0.1) is 0 Å². The van der Waals surface area contributed by atoms with Crippen LogP contribution >= 0.6 is 0 Å². The minimum Gasteiger partial charge on any atom is -0.299 e. The summed E-state index contributed by atoms with van der Waals surface area (Å²) in [5.41, 5.74) is 0.848. The highest BCUT2D eigenvalue weighted by atomic mass is 16.1. The van der Waals surface area contributed by atoms with Crippen LogP contribution < -0.4 is 0 Å². The van der Waals surface area contributed by atoms with E-state index in [4.69, 9.17) is 0 Å². The quantitative estimate of drug-likeness (QED) is 0.593. The Labute approximate surface area is 92.6 Å². The summed E-state index contributed by atoms with van der Waals surface area (Å²) in [6, 6.07) is 0. The van der Waals surface area contributed by atoms with Crippen molar-refractivity contribution in [1.29, 1.82) is 0 Å². The lowest BCUT2D eigenvalue weighted by atomic mass is 9.67. The van der Waals surface area contributed by atoms with Gasteiger partial charge in [0.25, 0.3) is 0 Å². The zero-order chi connectivity index (χ0) is 10.8. The molecule has 1 spiro atoms. The molecule has 0 aromatic heterocycles. The Hall–Kier alpha value is -0.330. The minimum absolute atomic E-state index is 0.290. The lowest BCUT2D eigenvalue weighted by Crippen LogP contribution is -2.31. The van der Waals surface area contributed by atoms with Gasteiger partial charge in [-0.15, -0.1) is 0 Å². The highest BCUT2D eigenvalue weighted by Gasteiger charge is 2.65. The van der Waals surface area contributed by atoms with Gasteiger partial charge in [-0.25, -0.2) is 0 Å². The zero-order valence-electron chi connectivity index (χ0n) is 10.2. The molecule has 3 fully saturated rings. The first-order chi connectivity index (χ1) is 6.98. The van der Waals surface area contributed by atoms with Crippen LogP contribution in [0.15, 0.2) is 0 Å². The first-order valence-electron chi connectivity index (χ1n) is 6.51. The molecule has 0 N–H and O–H groups in total. The molecule has 0 radical (unpaired) electrons. The number of Topliss-reactive ketones (excluding diaryl/α,β-unsaturated/α-hetero) is 1. The van der Waals surface area contributed by atoms with E-state index in [2.05, 4.69) is 20.8 Å². The molecule has 15 heavy (non-hydrogen) atoms. The van der Waals surface area contributed by atoms with Crippen molar-refractivity contribution in [3.63, 3.8) is 0 Å². The summed E-state index contributed by atoms with van der Waals surface area (Å²) >= 11 is 0. The second kappa shape index (κ2) is 2.67.